The first-order valence-corrected chi connectivity index (χ1v) is 14.9. The number of nitrogens with one attached hydrogen (secondary N) is 2. The number of hydrogen-bond donors (Lipinski definition) is 2. The van der Waals surface area contributed by atoms with Gasteiger partial charge in [0.2, 0.25) is 17.8 Å². The molecule has 0 bridgehead atoms. The molecule has 0 atom stereocenters. The van der Waals surface area contributed by atoms with E-state index < -0.39 is 41.4 Å². The lowest BCUT2D eigenvalue weighted by Crippen LogP contribution is -2.36. The van der Waals surface area contributed by atoms with E-state index in [4.69, 9.17) is 4.98 Å². The third-order valence-corrected chi connectivity index (χ3v) is 7.89. The Labute approximate surface area is 265 Å². The summed E-state index contributed by atoms with van der Waals surface area (Å²) >= 11 is 0. The van der Waals surface area contributed by atoms with Crippen molar-refractivity contribution in [3.63, 3.8) is 0 Å². The number of carbonyl (C=O) groups excluding carboxylic acids is 2. The molecule has 0 aliphatic heterocycles. The second kappa shape index (κ2) is 13.1. The maximum absolute atomic E-state index is 13.5. The summed E-state index contributed by atoms with van der Waals surface area (Å²) in [5.74, 6) is -0.656. The van der Waals surface area contributed by atoms with Gasteiger partial charge in [0, 0.05) is 48.9 Å². The van der Waals surface area contributed by atoms with Crippen LogP contribution in [0.25, 0.3) is 22.2 Å². The van der Waals surface area contributed by atoms with Crippen LogP contribution in [-0.2, 0) is 41.8 Å². The van der Waals surface area contributed by atoms with Gasteiger partial charge in [-0.15, -0.1) is 0 Å². The van der Waals surface area contributed by atoms with Crippen molar-refractivity contribution < 1.29 is 35.9 Å². The third kappa shape index (κ3) is 7.95. The number of hydrogen-bond acceptors (Lipinski definition) is 6. The number of aryl methyl sites for hydroxylation is 2. The Hall–Kier alpha value is -4.82. The van der Waals surface area contributed by atoms with Crippen LogP contribution >= 0.6 is 0 Å². The molecule has 9 nitrogen and oxygen atoms in total. The number of benzene rings is 2. The fourth-order valence-electron chi connectivity index (χ4n) is 5.67. The minimum Gasteiger partial charge on any atom is -0.354 e. The van der Waals surface area contributed by atoms with Crippen molar-refractivity contribution >= 4 is 40.2 Å². The van der Waals surface area contributed by atoms with Crippen molar-refractivity contribution in [1.82, 2.24) is 25.1 Å². The molecule has 4 aromatic rings. The number of carbonyl (C=O) groups is 2. The number of aliphatic imine (C=N–C) groups is 1. The largest absolute Gasteiger partial charge is 0.416 e. The Morgan fingerprint density at radius 3 is 2.36 bits per heavy atom. The SMILES string of the molecule is CCc1cc(-c2cc(NC(=O)Cc3cc(C(F)(F)F)ccc3C(F)(F)F)nn2C)cc2cnc(N=C3CCC(NC(C)=O)CC3)nc12. The molecule has 0 radical (unpaired) electrons. The Kier molecular flexibility index (Phi) is 9.36. The van der Waals surface area contributed by atoms with E-state index in [1.165, 1.54) is 17.7 Å². The molecule has 5 rings (SSSR count). The van der Waals surface area contributed by atoms with Crippen molar-refractivity contribution in [2.24, 2.45) is 12.0 Å². The summed E-state index contributed by atoms with van der Waals surface area (Å²) in [5, 5.41) is 10.3. The number of aromatic nitrogens is 4. The van der Waals surface area contributed by atoms with Crippen molar-refractivity contribution in [2.75, 3.05) is 5.32 Å². The highest BCUT2D eigenvalue weighted by molar-refractivity contribution is 5.93. The molecule has 0 unspecified atom stereocenters. The molecule has 1 aliphatic carbocycles. The maximum atomic E-state index is 13.5. The van der Waals surface area contributed by atoms with Gasteiger partial charge in [0.05, 0.1) is 28.8 Å². The lowest BCUT2D eigenvalue weighted by molar-refractivity contribution is -0.142. The summed E-state index contributed by atoms with van der Waals surface area (Å²) in [5.41, 5.74) is 0.440. The normalized spacial score (nSPS) is 15.5. The fourth-order valence-corrected chi connectivity index (χ4v) is 5.67. The van der Waals surface area contributed by atoms with Gasteiger partial charge in [-0.25, -0.2) is 15.0 Å². The van der Waals surface area contributed by atoms with Crippen LogP contribution < -0.4 is 10.6 Å². The van der Waals surface area contributed by atoms with Crippen LogP contribution in [0.3, 0.4) is 0 Å². The molecule has 0 saturated heterocycles. The van der Waals surface area contributed by atoms with Gasteiger partial charge in [-0.3, -0.25) is 14.3 Å². The van der Waals surface area contributed by atoms with Crippen LogP contribution in [0, 0.1) is 0 Å². The highest BCUT2D eigenvalue weighted by Crippen LogP contribution is 2.37. The summed E-state index contributed by atoms with van der Waals surface area (Å²) in [6.07, 6.45) is -5.43. The molecule has 1 fully saturated rings. The highest BCUT2D eigenvalue weighted by Gasteiger charge is 2.37. The van der Waals surface area contributed by atoms with Gasteiger partial charge in [0.25, 0.3) is 0 Å². The van der Waals surface area contributed by atoms with Gasteiger partial charge in [-0.05, 0) is 73.6 Å². The Morgan fingerprint density at radius 2 is 1.72 bits per heavy atom. The molecule has 2 aromatic carbocycles. The van der Waals surface area contributed by atoms with E-state index in [2.05, 4.69) is 25.7 Å². The van der Waals surface area contributed by atoms with Crippen LogP contribution in [0.5, 0.6) is 0 Å². The molecule has 15 heteroatoms. The van der Waals surface area contributed by atoms with E-state index in [0.29, 0.717) is 41.8 Å². The fraction of sp³-hybridized carbons (Fsp3) is 0.375. The minimum atomic E-state index is -4.95. The molecule has 1 aliphatic rings. The van der Waals surface area contributed by atoms with Crippen molar-refractivity contribution in [3.05, 3.63) is 64.8 Å². The third-order valence-electron chi connectivity index (χ3n) is 7.89. The van der Waals surface area contributed by atoms with Crippen molar-refractivity contribution in [2.45, 2.75) is 70.8 Å². The van der Waals surface area contributed by atoms with E-state index in [-0.39, 0.29) is 17.8 Å². The van der Waals surface area contributed by atoms with Crippen LogP contribution in [0.1, 0.15) is 61.8 Å². The van der Waals surface area contributed by atoms with Crippen molar-refractivity contribution in [3.8, 4) is 11.3 Å². The molecular weight excluding hydrogens is 628 g/mol. The lowest BCUT2D eigenvalue weighted by Gasteiger charge is -2.23. The zero-order chi connectivity index (χ0) is 34.1. The molecule has 2 heterocycles. The minimum absolute atomic E-state index is 0.0156. The average Bonchev–Trinajstić information content (AvgIpc) is 3.35. The van der Waals surface area contributed by atoms with Crippen LogP contribution in [0.4, 0.5) is 38.1 Å². The zero-order valence-corrected chi connectivity index (χ0v) is 25.7. The summed E-state index contributed by atoms with van der Waals surface area (Å²) < 4.78 is 81.5. The number of alkyl halides is 6. The molecular formula is C32H31F6N7O2. The van der Waals surface area contributed by atoms with Gasteiger partial charge in [0.15, 0.2) is 5.82 Å². The van der Waals surface area contributed by atoms with Gasteiger partial charge in [-0.1, -0.05) is 6.92 Å². The Balaban J connectivity index is 1.35. The predicted octanol–water partition coefficient (Wildman–Crippen LogP) is 6.96. The van der Waals surface area contributed by atoms with E-state index in [1.807, 2.05) is 19.1 Å². The van der Waals surface area contributed by atoms with Gasteiger partial charge in [0.1, 0.15) is 0 Å². The van der Waals surface area contributed by atoms with E-state index >= 15 is 0 Å². The quantitative estimate of drug-likeness (QED) is 0.208. The molecule has 47 heavy (non-hydrogen) atoms. The smallest absolute Gasteiger partial charge is 0.354 e. The topological polar surface area (TPSA) is 114 Å². The second-order valence-corrected chi connectivity index (χ2v) is 11.4. The molecule has 0 spiro atoms. The van der Waals surface area contributed by atoms with Crippen molar-refractivity contribution in [1.29, 1.82) is 0 Å². The maximum Gasteiger partial charge on any atom is 0.416 e. The van der Waals surface area contributed by atoms with Crippen LogP contribution in [0.2, 0.25) is 0 Å². The number of nitrogens with zero attached hydrogens (tertiary/aromatic N) is 5. The summed E-state index contributed by atoms with van der Waals surface area (Å²) in [6.45, 7) is 3.47. The van der Waals surface area contributed by atoms with Crippen LogP contribution in [0.15, 0.2) is 47.6 Å². The number of fused-ring (bicyclic) bond motifs is 1. The second-order valence-electron chi connectivity index (χ2n) is 11.4. The summed E-state index contributed by atoms with van der Waals surface area (Å²) in [7, 11) is 1.62. The monoisotopic (exact) mass is 659 g/mol. The first-order valence-electron chi connectivity index (χ1n) is 14.9. The molecule has 2 amide bonds. The van der Waals surface area contributed by atoms with E-state index in [9.17, 15) is 35.9 Å². The average molecular weight is 660 g/mol. The van der Waals surface area contributed by atoms with E-state index in [1.54, 1.807) is 13.2 Å². The first-order chi connectivity index (χ1) is 22.1. The van der Waals surface area contributed by atoms with Gasteiger partial charge >= 0.3 is 12.4 Å². The highest BCUT2D eigenvalue weighted by atomic mass is 19.4. The number of amides is 2. The molecule has 1 saturated carbocycles. The zero-order valence-electron chi connectivity index (χ0n) is 25.7. The Bertz CT molecular complexity index is 1850. The lowest BCUT2D eigenvalue weighted by atomic mass is 9.93. The Morgan fingerprint density at radius 1 is 1.00 bits per heavy atom. The van der Waals surface area contributed by atoms with Crippen LogP contribution in [-0.4, -0.2) is 43.3 Å². The molecule has 2 N–H and O–H groups in total. The summed E-state index contributed by atoms with van der Waals surface area (Å²) in [4.78, 5) is 37.9. The predicted molar refractivity (Wildman–Crippen MR) is 163 cm³/mol. The number of anilines is 1. The molecule has 248 valence electrons. The van der Waals surface area contributed by atoms with E-state index in [0.717, 1.165) is 47.9 Å². The number of halogens is 6. The standard InChI is InChI=1S/C32H31F6N7O2/c1-4-18-11-20(12-21-16-39-30(43-29(18)21)41-24-8-6-23(7-9-24)40-17(2)46)26-15-27(44-45(26)3)42-28(47)14-19-13-22(31(33,34)35)5-10-25(19)32(36,37)38/h5,10-13,15-16,23H,4,6-9,14H2,1-3H3,(H,40,46)(H,42,44,47). The molecule has 2 aromatic heterocycles. The first kappa shape index (κ1) is 33.5. The van der Waals surface area contributed by atoms with Gasteiger partial charge < -0.3 is 10.6 Å². The number of rotatable bonds is 7. The van der Waals surface area contributed by atoms with Gasteiger partial charge in [-0.2, -0.15) is 31.4 Å². The summed E-state index contributed by atoms with van der Waals surface area (Å²) in [6, 6.07) is 6.41.